The van der Waals surface area contributed by atoms with Crippen LogP contribution in [0.4, 0.5) is 5.69 Å². The lowest BCUT2D eigenvalue weighted by Crippen LogP contribution is -2.27. The van der Waals surface area contributed by atoms with Gasteiger partial charge in [0.2, 0.25) is 0 Å². The Morgan fingerprint density at radius 1 is 1.17 bits per heavy atom. The maximum absolute atomic E-state index is 5.34. The van der Waals surface area contributed by atoms with Crippen LogP contribution in [0.3, 0.4) is 0 Å². The van der Waals surface area contributed by atoms with Gasteiger partial charge >= 0.3 is 0 Å². The molecule has 0 radical (unpaired) electrons. The SMILES string of the molecule is CNCC1(CNc2ccc(OC)c(C)c2C)CC1. The number of rotatable bonds is 6. The van der Waals surface area contributed by atoms with Crippen molar-refractivity contribution in [3.05, 3.63) is 23.3 Å². The highest BCUT2D eigenvalue weighted by Gasteiger charge is 2.41. The Bertz CT molecular complexity index is 425. The maximum atomic E-state index is 5.34. The van der Waals surface area contributed by atoms with Crippen LogP contribution in [-0.2, 0) is 0 Å². The molecule has 0 spiro atoms. The zero-order chi connectivity index (χ0) is 13.2. The second-order valence-corrected chi connectivity index (χ2v) is 5.45. The number of ether oxygens (including phenoxy) is 1. The zero-order valence-electron chi connectivity index (χ0n) is 11.9. The van der Waals surface area contributed by atoms with Gasteiger partial charge in [0.1, 0.15) is 5.75 Å². The summed E-state index contributed by atoms with van der Waals surface area (Å²) >= 11 is 0. The summed E-state index contributed by atoms with van der Waals surface area (Å²) in [5, 5.41) is 6.89. The lowest BCUT2D eigenvalue weighted by Gasteiger charge is -2.19. The Morgan fingerprint density at radius 3 is 2.44 bits per heavy atom. The number of anilines is 1. The summed E-state index contributed by atoms with van der Waals surface area (Å²) in [5.74, 6) is 0.967. The average molecular weight is 248 g/mol. The molecular weight excluding hydrogens is 224 g/mol. The third kappa shape index (κ3) is 2.61. The van der Waals surface area contributed by atoms with Crippen molar-refractivity contribution >= 4 is 5.69 Å². The molecule has 1 saturated carbocycles. The fraction of sp³-hybridized carbons (Fsp3) is 0.600. The van der Waals surface area contributed by atoms with Crippen LogP contribution < -0.4 is 15.4 Å². The molecule has 0 aromatic heterocycles. The molecule has 0 saturated heterocycles. The van der Waals surface area contributed by atoms with Gasteiger partial charge < -0.3 is 15.4 Å². The predicted octanol–water partition coefficient (Wildman–Crippen LogP) is 2.72. The van der Waals surface area contributed by atoms with Crippen molar-refractivity contribution in [2.75, 3.05) is 32.6 Å². The molecule has 18 heavy (non-hydrogen) atoms. The van der Waals surface area contributed by atoms with Crippen LogP contribution in [0.2, 0.25) is 0 Å². The second-order valence-electron chi connectivity index (χ2n) is 5.45. The van der Waals surface area contributed by atoms with Gasteiger partial charge in [0.05, 0.1) is 7.11 Å². The Balaban J connectivity index is 2.04. The summed E-state index contributed by atoms with van der Waals surface area (Å²) in [5.41, 5.74) is 4.22. The lowest BCUT2D eigenvalue weighted by molar-refractivity contribution is 0.411. The van der Waals surface area contributed by atoms with Gasteiger partial charge in [-0.1, -0.05) is 0 Å². The Kier molecular flexibility index (Phi) is 3.81. The molecule has 100 valence electrons. The number of hydrogen-bond donors (Lipinski definition) is 2. The van der Waals surface area contributed by atoms with Crippen molar-refractivity contribution in [3.63, 3.8) is 0 Å². The molecule has 1 aliphatic rings. The second kappa shape index (κ2) is 5.19. The zero-order valence-corrected chi connectivity index (χ0v) is 11.9. The molecule has 0 amide bonds. The first-order valence-corrected chi connectivity index (χ1v) is 6.64. The molecular formula is C15H24N2O. The highest BCUT2D eigenvalue weighted by Crippen LogP contribution is 2.45. The summed E-state index contributed by atoms with van der Waals surface area (Å²) in [4.78, 5) is 0. The molecule has 1 fully saturated rings. The monoisotopic (exact) mass is 248 g/mol. The molecule has 0 unspecified atom stereocenters. The van der Waals surface area contributed by atoms with E-state index in [0.717, 1.165) is 18.8 Å². The largest absolute Gasteiger partial charge is 0.496 e. The van der Waals surface area contributed by atoms with Gasteiger partial charge in [-0.2, -0.15) is 0 Å². The van der Waals surface area contributed by atoms with Gasteiger partial charge in [0.15, 0.2) is 0 Å². The minimum Gasteiger partial charge on any atom is -0.496 e. The van der Waals surface area contributed by atoms with Crippen LogP contribution in [0.15, 0.2) is 12.1 Å². The predicted molar refractivity (Wildman–Crippen MR) is 76.6 cm³/mol. The van der Waals surface area contributed by atoms with E-state index in [1.54, 1.807) is 7.11 Å². The van der Waals surface area contributed by atoms with Gasteiger partial charge in [-0.05, 0) is 57.0 Å². The standard InChI is InChI=1S/C15H24N2O/c1-11-12(2)14(18-4)6-5-13(11)17-10-15(7-8-15)9-16-3/h5-6,16-17H,7-10H2,1-4H3. The van der Waals surface area contributed by atoms with E-state index in [4.69, 9.17) is 4.74 Å². The first kappa shape index (κ1) is 13.2. The molecule has 1 aromatic carbocycles. The van der Waals surface area contributed by atoms with E-state index in [0.29, 0.717) is 5.41 Å². The van der Waals surface area contributed by atoms with Crippen molar-refractivity contribution < 1.29 is 4.74 Å². The first-order valence-electron chi connectivity index (χ1n) is 6.64. The first-order chi connectivity index (χ1) is 8.62. The van der Waals surface area contributed by atoms with Gasteiger partial charge in [0, 0.05) is 24.2 Å². The molecule has 0 heterocycles. The van der Waals surface area contributed by atoms with Gasteiger partial charge in [-0.15, -0.1) is 0 Å². The topological polar surface area (TPSA) is 33.3 Å². The molecule has 2 N–H and O–H groups in total. The third-order valence-corrected chi connectivity index (χ3v) is 4.12. The molecule has 1 aliphatic carbocycles. The summed E-state index contributed by atoms with van der Waals surface area (Å²) in [6, 6.07) is 4.17. The van der Waals surface area contributed by atoms with Gasteiger partial charge in [-0.3, -0.25) is 0 Å². The number of benzene rings is 1. The highest BCUT2D eigenvalue weighted by molar-refractivity contribution is 5.58. The minimum absolute atomic E-state index is 0.481. The van der Waals surface area contributed by atoms with E-state index in [1.807, 2.05) is 13.1 Å². The number of nitrogens with one attached hydrogen (secondary N) is 2. The van der Waals surface area contributed by atoms with Crippen LogP contribution in [0.1, 0.15) is 24.0 Å². The summed E-state index contributed by atoms with van der Waals surface area (Å²) in [6.07, 6.45) is 2.66. The fourth-order valence-electron chi connectivity index (χ4n) is 2.46. The Labute approximate surface area is 110 Å². The smallest absolute Gasteiger partial charge is 0.122 e. The maximum Gasteiger partial charge on any atom is 0.122 e. The van der Waals surface area contributed by atoms with E-state index >= 15 is 0 Å². The van der Waals surface area contributed by atoms with E-state index in [9.17, 15) is 0 Å². The van der Waals surface area contributed by atoms with Crippen molar-refractivity contribution in [1.82, 2.24) is 5.32 Å². The fourth-order valence-corrected chi connectivity index (χ4v) is 2.46. The minimum atomic E-state index is 0.481. The van der Waals surface area contributed by atoms with E-state index in [1.165, 1.54) is 29.7 Å². The molecule has 0 atom stereocenters. The molecule has 3 heteroatoms. The molecule has 3 nitrogen and oxygen atoms in total. The number of hydrogen-bond acceptors (Lipinski definition) is 3. The van der Waals surface area contributed by atoms with E-state index in [-0.39, 0.29) is 0 Å². The van der Waals surface area contributed by atoms with Crippen LogP contribution in [0.25, 0.3) is 0 Å². The molecule has 0 bridgehead atoms. The van der Waals surface area contributed by atoms with Crippen molar-refractivity contribution in [3.8, 4) is 5.75 Å². The van der Waals surface area contributed by atoms with Crippen LogP contribution in [-0.4, -0.2) is 27.2 Å². The molecule has 0 aliphatic heterocycles. The van der Waals surface area contributed by atoms with Crippen molar-refractivity contribution in [2.45, 2.75) is 26.7 Å². The van der Waals surface area contributed by atoms with E-state index in [2.05, 4.69) is 30.5 Å². The van der Waals surface area contributed by atoms with E-state index < -0.39 is 0 Å². The number of methoxy groups -OCH3 is 1. The van der Waals surface area contributed by atoms with Crippen molar-refractivity contribution in [1.29, 1.82) is 0 Å². The highest BCUT2D eigenvalue weighted by atomic mass is 16.5. The normalized spacial score (nSPS) is 16.4. The van der Waals surface area contributed by atoms with Gasteiger partial charge in [0.25, 0.3) is 0 Å². The van der Waals surface area contributed by atoms with Crippen LogP contribution in [0, 0.1) is 19.3 Å². The quantitative estimate of drug-likeness (QED) is 0.812. The Hall–Kier alpha value is -1.22. The molecule has 2 rings (SSSR count). The third-order valence-electron chi connectivity index (χ3n) is 4.12. The van der Waals surface area contributed by atoms with Crippen LogP contribution in [0.5, 0.6) is 5.75 Å². The summed E-state index contributed by atoms with van der Waals surface area (Å²) < 4.78 is 5.34. The average Bonchev–Trinajstić information content (AvgIpc) is 3.12. The molecule has 1 aromatic rings. The lowest BCUT2D eigenvalue weighted by atomic mass is 10.0. The summed E-state index contributed by atoms with van der Waals surface area (Å²) in [7, 11) is 3.75. The van der Waals surface area contributed by atoms with Gasteiger partial charge in [-0.25, -0.2) is 0 Å². The Morgan fingerprint density at radius 2 is 1.89 bits per heavy atom. The summed E-state index contributed by atoms with van der Waals surface area (Å²) in [6.45, 7) is 6.42. The van der Waals surface area contributed by atoms with Crippen molar-refractivity contribution in [2.24, 2.45) is 5.41 Å². The van der Waals surface area contributed by atoms with Crippen LogP contribution >= 0.6 is 0 Å².